The van der Waals surface area contributed by atoms with Crippen LogP contribution in [0.2, 0.25) is 0 Å². The molecule has 5 rings (SSSR count). The molecule has 0 radical (unpaired) electrons. The highest BCUT2D eigenvalue weighted by Crippen LogP contribution is 2.33. The maximum Gasteiger partial charge on any atom is 0.426 e. The molecule has 3 fully saturated rings. The van der Waals surface area contributed by atoms with Gasteiger partial charge in [-0.25, -0.2) is 29.8 Å². The molecule has 1 aromatic carbocycles. The van der Waals surface area contributed by atoms with E-state index in [1.54, 1.807) is 6.07 Å². The smallest absolute Gasteiger partial charge is 0.426 e. The van der Waals surface area contributed by atoms with Gasteiger partial charge in [0.1, 0.15) is 30.6 Å². The van der Waals surface area contributed by atoms with Gasteiger partial charge in [0, 0.05) is 38.3 Å². The number of benzene rings is 1. The summed E-state index contributed by atoms with van der Waals surface area (Å²) in [5, 5.41) is 15.9. The van der Waals surface area contributed by atoms with Crippen molar-refractivity contribution in [2.75, 3.05) is 50.0 Å². The summed E-state index contributed by atoms with van der Waals surface area (Å²) in [6, 6.07) is 10.2. The number of carbonyl (C=O) groups is 4. The Kier molecular flexibility index (Phi) is 11.0. The second-order valence-corrected chi connectivity index (χ2v) is 12.5. The summed E-state index contributed by atoms with van der Waals surface area (Å²) < 4.78 is 0. The number of nitrogens with zero attached hydrogens (tertiary/aromatic N) is 7. The fraction of sp³-hybridized carbons (Fsp3) is 0.562. The molecule has 4 amide bonds. The van der Waals surface area contributed by atoms with Crippen molar-refractivity contribution in [2.45, 2.75) is 64.1 Å². The van der Waals surface area contributed by atoms with Gasteiger partial charge in [0.05, 0.1) is 12.5 Å². The quantitative estimate of drug-likeness (QED) is 0.263. The molecular formula is C32H44N8O6. The molecule has 2 saturated heterocycles. The number of carboxylic acid groups (broad SMARTS) is 1. The van der Waals surface area contributed by atoms with Crippen molar-refractivity contribution < 1.29 is 29.1 Å². The van der Waals surface area contributed by atoms with Crippen LogP contribution in [-0.2, 0) is 25.8 Å². The molecule has 14 heteroatoms. The van der Waals surface area contributed by atoms with Crippen LogP contribution in [0.15, 0.2) is 42.7 Å². The van der Waals surface area contributed by atoms with Gasteiger partial charge in [-0.3, -0.25) is 19.2 Å². The molecule has 1 aliphatic carbocycles. The number of piperazine rings is 1. The van der Waals surface area contributed by atoms with Crippen molar-refractivity contribution in [3.63, 3.8) is 0 Å². The second-order valence-electron chi connectivity index (χ2n) is 12.5. The molecule has 0 unspecified atom stereocenters. The monoisotopic (exact) mass is 636 g/mol. The van der Waals surface area contributed by atoms with Gasteiger partial charge < -0.3 is 20.2 Å². The van der Waals surface area contributed by atoms with E-state index in [2.05, 4.69) is 39.1 Å². The Morgan fingerprint density at radius 2 is 1.87 bits per heavy atom. The van der Waals surface area contributed by atoms with Crippen LogP contribution in [-0.4, -0.2) is 111 Å². The molecule has 1 aromatic heterocycles. The van der Waals surface area contributed by atoms with Crippen LogP contribution in [0, 0.1) is 11.8 Å². The molecule has 2 aliphatic heterocycles. The van der Waals surface area contributed by atoms with Gasteiger partial charge >= 0.3 is 6.09 Å². The third-order valence-electron chi connectivity index (χ3n) is 9.15. The first kappa shape index (κ1) is 33.1. The highest BCUT2D eigenvalue weighted by atomic mass is 16.7. The van der Waals surface area contributed by atoms with E-state index in [0.717, 1.165) is 66.0 Å². The number of hydroxylamine groups is 2. The maximum atomic E-state index is 14.3. The Labute approximate surface area is 269 Å². The van der Waals surface area contributed by atoms with E-state index in [-0.39, 0.29) is 43.9 Å². The first-order valence-electron chi connectivity index (χ1n) is 16.0. The minimum absolute atomic E-state index is 0.0228. The normalized spacial score (nSPS) is 21.3. The number of hydrogen-bond acceptors (Lipinski definition) is 9. The average Bonchev–Trinajstić information content (AvgIpc) is 3.73. The van der Waals surface area contributed by atoms with Gasteiger partial charge in [0.25, 0.3) is 5.91 Å². The zero-order chi connectivity index (χ0) is 32.6. The lowest BCUT2D eigenvalue weighted by molar-refractivity contribution is -0.185. The van der Waals surface area contributed by atoms with Crippen molar-refractivity contribution >= 4 is 36.0 Å². The van der Waals surface area contributed by atoms with Crippen molar-refractivity contribution in [3.8, 4) is 0 Å². The van der Waals surface area contributed by atoms with Crippen molar-refractivity contribution in [1.29, 1.82) is 0 Å². The molecule has 2 aromatic rings. The van der Waals surface area contributed by atoms with Crippen LogP contribution in [0.3, 0.4) is 0 Å². The number of hydrogen-bond donors (Lipinski definition) is 2. The van der Waals surface area contributed by atoms with E-state index in [1.807, 2.05) is 30.3 Å². The van der Waals surface area contributed by atoms with Gasteiger partial charge in [0.15, 0.2) is 0 Å². The molecular weight excluding hydrogens is 592 g/mol. The Balaban J connectivity index is 1.33. The van der Waals surface area contributed by atoms with Crippen molar-refractivity contribution in [1.82, 2.24) is 29.9 Å². The van der Waals surface area contributed by atoms with Gasteiger partial charge in [-0.05, 0) is 38.3 Å². The molecule has 0 bridgehead atoms. The van der Waals surface area contributed by atoms with E-state index in [4.69, 9.17) is 4.84 Å². The fourth-order valence-corrected chi connectivity index (χ4v) is 6.77. The number of hydrazine groups is 1. The summed E-state index contributed by atoms with van der Waals surface area (Å²) in [6.45, 7) is 4.67. The standard InChI is InChI=1S/C32H44N8O6/c1-23-18-36(2)14-15-38(23)29-17-28(33-21-34-29)35-30(42)27-12-13-39(32(44)45)40(27)31(43)26(16-24-8-6-7-9-24)19-37(22-41)46-20-25-10-4-3-5-11-25/h3-5,10-11,17,21-24,26-27H,6-9,12-16,18-20H2,1-2H3,(H,44,45)(H,33,34,35,42)/t23-,26-,27+/m1/s1. The van der Waals surface area contributed by atoms with Gasteiger partial charge in [-0.15, -0.1) is 0 Å². The van der Waals surface area contributed by atoms with E-state index in [0.29, 0.717) is 18.6 Å². The minimum Gasteiger partial charge on any atom is -0.464 e. The SMILES string of the molecule is C[C@@H]1CN(C)CCN1c1cc(NC(=O)[C@@H]2CCN(C(=O)O)N2C(=O)[C@H](CC2CCCC2)CN(C=O)OCc2ccccc2)ncn1. The van der Waals surface area contributed by atoms with E-state index in [1.165, 1.54) is 6.33 Å². The number of anilines is 2. The molecule has 14 nitrogen and oxygen atoms in total. The Hall–Kier alpha value is -4.30. The van der Waals surface area contributed by atoms with Gasteiger partial charge in [0.2, 0.25) is 12.3 Å². The third-order valence-corrected chi connectivity index (χ3v) is 9.15. The molecule has 0 spiro atoms. The van der Waals surface area contributed by atoms with Crippen molar-refractivity contribution in [3.05, 3.63) is 48.3 Å². The molecule has 248 valence electrons. The molecule has 3 atom stereocenters. The summed E-state index contributed by atoms with van der Waals surface area (Å²) in [5.74, 6) is -0.647. The van der Waals surface area contributed by atoms with Crippen LogP contribution in [0.25, 0.3) is 0 Å². The lowest BCUT2D eigenvalue weighted by atomic mass is 9.92. The Morgan fingerprint density at radius 3 is 2.57 bits per heavy atom. The number of nitrogens with one attached hydrogen (secondary N) is 1. The van der Waals surface area contributed by atoms with E-state index in [9.17, 15) is 24.3 Å². The first-order chi connectivity index (χ1) is 22.2. The molecule has 1 saturated carbocycles. The predicted molar refractivity (Wildman–Crippen MR) is 169 cm³/mol. The maximum absolute atomic E-state index is 14.3. The topological polar surface area (TPSA) is 152 Å². The summed E-state index contributed by atoms with van der Waals surface area (Å²) in [5.41, 5.74) is 0.858. The number of aromatic nitrogens is 2. The zero-order valence-corrected chi connectivity index (χ0v) is 26.5. The van der Waals surface area contributed by atoms with Crippen LogP contribution in [0.4, 0.5) is 16.4 Å². The van der Waals surface area contributed by atoms with Crippen molar-refractivity contribution in [2.24, 2.45) is 11.8 Å². The lowest BCUT2D eigenvalue weighted by Gasteiger charge is -2.39. The Bertz CT molecular complexity index is 1360. The van der Waals surface area contributed by atoms with Crippen LogP contribution >= 0.6 is 0 Å². The number of rotatable bonds is 12. The Morgan fingerprint density at radius 1 is 1.11 bits per heavy atom. The second kappa shape index (κ2) is 15.3. The van der Waals surface area contributed by atoms with Gasteiger partial charge in [-0.2, -0.15) is 0 Å². The lowest BCUT2D eigenvalue weighted by Crippen LogP contribution is -2.54. The highest BCUT2D eigenvalue weighted by Gasteiger charge is 2.45. The molecule has 3 aliphatic rings. The summed E-state index contributed by atoms with van der Waals surface area (Å²) >= 11 is 0. The number of likely N-dealkylation sites (N-methyl/N-ethyl adjacent to an activating group) is 1. The molecule has 46 heavy (non-hydrogen) atoms. The largest absolute Gasteiger partial charge is 0.464 e. The average molecular weight is 637 g/mol. The highest BCUT2D eigenvalue weighted by molar-refractivity contribution is 5.98. The number of amides is 4. The minimum atomic E-state index is -1.33. The van der Waals surface area contributed by atoms with Crippen LogP contribution in [0.1, 0.15) is 51.0 Å². The zero-order valence-electron chi connectivity index (χ0n) is 26.5. The summed E-state index contributed by atoms with van der Waals surface area (Å²) in [4.78, 5) is 71.1. The van der Waals surface area contributed by atoms with Gasteiger partial charge in [-0.1, -0.05) is 56.0 Å². The van der Waals surface area contributed by atoms with E-state index < -0.39 is 29.9 Å². The molecule has 3 heterocycles. The predicted octanol–water partition coefficient (Wildman–Crippen LogP) is 2.84. The van der Waals surface area contributed by atoms with Crippen LogP contribution in [0.5, 0.6) is 0 Å². The fourth-order valence-electron chi connectivity index (χ4n) is 6.77. The third kappa shape index (κ3) is 8.10. The van der Waals surface area contributed by atoms with E-state index >= 15 is 0 Å². The van der Waals surface area contributed by atoms with Crippen LogP contribution < -0.4 is 10.2 Å². The summed E-state index contributed by atoms with van der Waals surface area (Å²) in [7, 11) is 2.07. The number of carbonyl (C=O) groups excluding carboxylic acids is 3. The summed E-state index contributed by atoms with van der Waals surface area (Å²) in [6.07, 6.45) is 5.17. The molecule has 2 N–H and O–H groups in total. The first-order valence-corrected chi connectivity index (χ1v) is 16.0.